The summed E-state index contributed by atoms with van der Waals surface area (Å²) >= 11 is 0. The number of fused-ring (bicyclic) bond motifs is 6. The van der Waals surface area contributed by atoms with E-state index >= 15 is 0 Å². The van der Waals surface area contributed by atoms with Crippen LogP contribution in [0.3, 0.4) is 0 Å². The molecule has 39 heavy (non-hydrogen) atoms. The average molecular weight is 521 g/mol. The highest BCUT2D eigenvalue weighted by atomic mass is 16.5. The number of carbonyl (C=O) groups excluding carboxylic acids is 1. The van der Waals surface area contributed by atoms with Gasteiger partial charge in [0.15, 0.2) is 5.78 Å². The Kier molecular flexibility index (Phi) is 7.05. The van der Waals surface area contributed by atoms with Crippen molar-refractivity contribution >= 4 is 27.3 Å². The number of ether oxygens (including phenoxy) is 2. The quantitative estimate of drug-likeness (QED) is 0.154. The molecule has 0 spiro atoms. The summed E-state index contributed by atoms with van der Waals surface area (Å²) in [6.07, 6.45) is 9.51. The number of carbonyl (C=O) groups is 1. The van der Waals surface area contributed by atoms with Gasteiger partial charge >= 0.3 is 0 Å². The Hall–Kier alpha value is -3.59. The van der Waals surface area contributed by atoms with Crippen molar-refractivity contribution in [2.75, 3.05) is 14.2 Å². The van der Waals surface area contributed by atoms with Gasteiger partial charge in [0.05, 0.1) is 14.2 Å². The molecule has 2 aliphatic rings. The van der Waals surface area contributed by atoms with Crippen LogP contribution < -0.4 is 9.47 Å². The minimum absolute atomic E-state index is 0.0370. The van der Waals surface area contributed by atoms with E-state index in [-0.39, 0.29) is 16.6 Å². The highest BCUT2D eigenvalue weighted by molar-refractivity contribution is 6.15. The summed E-state index contributed by atoms with van der Waals surface area (Å²) in [6.45, 7) is 10.5. The Bertz CT molecular complexity index is 1560. The molecule has 0 radical (unpaired) electrons. The predicted molar refractivity (Wildman–Crippen MR) is 163 cm³/mol. The van der Waals surface area contributed by atoms with E-state index < -0.39 is 0 Å². The van der Waals surface area contributed by atoms with Gasteiger partial charge in [-0.2, -0.15) is 0 Å². The number of hydrogen-bond acceptors (Lipinski definition) is 3. The molecule has 0 fully saturated rings. The van der Waals surface area contributed by atoms with Crippen LogP contribution in [-0.2, 0) is 23.7 Å². The Morgan fingerprint density at radius 2 is 1.21 bits per heavy atom. The zero-order valence-corrected chi connectivity index (χ0v) is 24.4. The number of rotatable bonds is 3. The number of methoxy groups -OCH3 is 2. The first-order chi connectivity index (χ1) is 18.6. The van der Waals surface area contributed by atoms with Crippen molar-refractivity contribution in [3.05, 3.63) is 94.6 Å². The second-order valence-electron chi connectivity index (χ2n) is 12.0. The molecule has 2 aliphatic carbocycles. The van der Waals surface area contributed by atoms with Gasteiger partial charge in [-0.25, -0.2) is 0 Å². The minimum atomic E-state index is -0.0370. The smallest absolute Gasteiger partial charge is 0.160 e. The zero-order valence-electron chi connectivity index (χ0n) is 24.4. The lowest BCUT2D eigenvalue weighted by atomic mass is 9.67. The van der Waals surface area contributed by atoms with Gasteiger partial charge in [-0.3, -0.25) is 4.79 Å². The lowest BCUT2D eigenvalue weighted by Crippen LogP contribution is -2.30. The molecule has 6 rings (SSSR count). The van der Waals surface area contributed by atoms with Gasteiger partial charge in [-0.15, -0.1) is 0 Å². The van der Waals surface area contributed by atoms with Crippen LogP contribution in [-0.4, -0.2) is 20.0 Å². The normalized spacial score (nSPS) is 16.6. The molecular formula is C36H40O3. The molecule has 202 valence electrons. The van der Waals surface area contributed by atoms with Crippen molar-refractivity contribution in [2.45, 2.75) is 71.1 Å². The summed E-state index contributed by atoms with van der Waals surface area (Å²) in [6, 6.07) is 18.9. The van der Waals surface area contributed by atoms with Gasteiger partial charge in [-0.05, 0) is 77.4 Å². The zero-order chi connectivity index (χ0) is 27.9. The molecule has 0 aliphatic heterocycles. The van der Waals surface area contributed by atoms with E-state index in [1.807, 2.05) is 24.3 Å². The maximum atomic E-state index is 11.8. The van der Waals surface area contributed by atoms with Crippen molar-refractivity contribution < 1.29 is 14.3 Å². The first kappa shape index (κ1) is 27.0. The van der Waals surface area contributed by atoms with Crippen LogP contribution in [0.15, 0.2) is 66.7 Å². The summed E-state index contributed by atoms with van der Waals surface area (Å²) < 4.78 is 11.1. The number of aryl methyl sites for hydroxylation is 2. The Morgan fingerprint density at radius 1 is 0.667 bits per heavy atom. The Balaban J connectivity index is 0.000000160. The van der Waals surface area contributed by atoms with Crippen molar-refractivity contribution in [3.63, 3.8) is 0 Å². The third-order valence-electron chi connectivity index (χ3n) is 8.54. The van der Waals surface area contributed by atoms with E-state index in [0.717, 1.165) is 22.4 Å². The summed E-state index contributed by atoms with van der Waals surface area (Å²) in [5.74, 6) is 2.01. The second-order valence-corrected chi connectivity index (χ2v) is 12.0. The van der Waals surface area contributed by atoms with Crippen molar-refractivity contribution in [3.8, 4) is 11.5 Å². The fraction of sp³-hybridized carbons (Fsp3) is 0.361. The van der Waals surface area contributed by atoms with Crippen LogP contribution in [0.25, 0.3) is 21.5 Å². The number of ketones is 1. The molecule has 3 nitrogen and oxygen atoms in total. The topological polar surface area (TPSA) is 35.5 Å². The Morgan fingerprint density at radius 3 is 1.79 bits per heavy atom. The molecule has 3 heteroatoms. The van der Waals surface area contributed by atoms with Gasteiger partial charge < -0.3 is 9.47 Å². The fourth-order valence-corrected chi connectivity index (χ4v) is 6.50. The highest BCUT2D eigenvalue weighted by Gasteiger charge is 2.37. The van der Waals surface area contributed by atoms with Gasteiger partial charge in [0.1, 0.15) is 11.5 Å². The van der Waals surface area contributed by atoms with E-state index in [0.29, 0.717) is 0 Å². The lowest BCUT2D eigenvalue weighted by Gasteiger charge is -2.38. The second kappa shape index (κ2) is 10.2. The first-order valence-corrected chi connectivity index (χ1v) is 14.0. The van der Waals surface area contributed by atoms with E-state index in [9.17, 15) is 4.79 Å². The first-order valence-electron chi connectivity index (χ1n) is 14.0. The van der Waals surface area contributed by atoms with Gasteiger partial charge in [0.25, 0.3) is 0 Å². The van der Waals surface area contributed by atoms with Gasteiger partial charge in [0, 0.05) is 27.5 Å². The van der Waals surface area contributed by atoms with Crippen molar-refractivity contribution in [1.82, 2.24) is 0 Å². The molecule has 0 saturated carbocycles. The predicted octanol–water partition coefficient (Wildman–Crippen LogP) is 8.90. The van der Waals surface area contributed by atoms with Gasteiger partial charge in [0.2, 0.25) is 0 Å². The summed E-state index contributed by atoms with van der Waals surface area (Å²) in [4.78, 5) is 11.8. The molecule has 0 amide bonds. The molecule has 4 aromatic rings. The summed E-state index contributed by atoms with van der Waals surface area (Å²) in [7, 11) is 3.45. The average Bonchev–Trinajstić information content (AvgIpc) is 2.94. The van der Waals surface area contributed by atoms with Crippen LogP contribution in [0, 0.1) is 0 Å². The number of hydrogen-bond donors (Lipinski definition) is 0. The van der Waals surface area contributed by atoms with Crippen molar-refractivity contribution in [2.24, 2.45) is 0 Å². The standard InChI is InChI=1S/C20H18O.C16H22O2/c1-13(21)15-7-4-8-17-18(15)11-12-19-16-6-3-2-5-14(16)9-10-20(17)19;1-15(2)9-10-16(3,4)14-12(18-6)8-7-11(17-5)13(14)15/h4,7-12H,2-3,5-6H2,1H3;7-10H,1-6H3. The van der Waals surface area contributed by atoms with E-state index in [4.69, 9.17) is 9.47 Å². The molecule has 0 heterocycles. The molecule has 0 aromatic heterocycles. The fourth-order valence-electron chi connectivity index (χ4n) is 6.50. The molecule has 0 atom stereocenters. The van der Waals surface area contributed by atoms with E-state index in [1.165, 1.54) is 64.1 Å². The van der Waals surface area contributed by atoms with Crippen LogP contribution >= 0.6 is 0 Å². The molecule has 0 N–H and O–H groups in total. The lowest BCUT2D eigenvalue weighted by molar-refractivity contribution is 0.101. The summed E-state index contributed by atoms with van der Waals surface area (Å²) in [5.41, 5.74) is 6.25. The largest absolute Gasteiger partial charge is 0.496 e. The molecule has 0 saturated heterocycles. The summed E-state index contributed by atoms with van der Waals surface area (Å²) in [5, 5.41) is 4.94. The third kappa shape index (κ3) is 4.73. The number of benzene rings is 4. The van der Waals surface area contributed by atoms with Crippen LogP contribution in [0.1, 0.15) is 80.1 Å². The maximum Gasteiger partial charge on any atom is 0.160 e. The SMILES string of the molecule is CC(=O)c1cccc2c1ccc1c3c(ccc12)CCCC3.COc1ccc(OC)c2c1C(C)(C)C=CC2(C)C. The molecule has 4 aromatic carbocycles. The number of allylic oxidation sites excluding steroid dienone is 2. The minimum Gasteiger partial charge on any atom is -0.496 e. The van der Waals surface area contributed by atoms with Crippen LogP contribution in [0.2, 0.25) is 0 Å². The Labute approximate surface area is 232 Å². The molecular weight excluding hydrogens is 480 g/mol. The van der Waals surface area contributed by atoms with E-state index in [2.05, 4.69) is 70.2 Å². The van der Waals surface area contributed by atoms with Crippen LogP contribution in [0.5, 0.6) is 11.5 Å². The van der Waals surface area contributed by atoms with Gasteiger partial charge in [-0.1, -0.05) is 82.3 Å². The van der Waals surface area contributed by atoms with E-state index in [1.54, 1.807) is 21.1 Å². The monoisotopic (exact) mass is 520 g/mol. The highest BCUT2D eigenvalue weighted by Crippen LogP contribution is 2.49. The third-order valence-corrected chi connectivity index (χ3v) is 8.54. The van der Waals surface area contributed by atoms with Crippen molar-refractivity contribution in [1.29, 1.82) is 0 Å². The molecule has 0 bridgehead atoms. The maximum absolute atomic E-state index is 11.8. The molecule has 0 unspecified atom stereocenters. The number of Topliss-reactive ketones (excluding diaryl/α,β-unsaturated/α-hetero) is 1. The van der Waals surface area contributed by atoms with Crippen LogP contribution in [0.4, 0.5) is 0 Å².